The maximum atomic E-state index is 13.7. The molecule has 1 amide bonds. The lowest BCUT2D eigenvalue weighted by atomic mass is 10.2. The van der Waals surface area contributed by atoms with Crippen molar-refractivity contribution in [2.75, 3.05) is 13.2 Å². The number of nitrogens with zero attached hydrogens (tertiary/aromatic N) is 5. The third-order valence-corrected chi connectivity index (χ3v) is 4.93. The number of hydrogen-bond acceptors (Lipinski definition) is 7. The van der Waals surface area contributed by atoms with Gasteiger partial charge in [-0.15, -0.1) is 15.3 Å². The molecule has 0 spiro atoms. The predicted molar refractivity (Wildman–Crippen MR) is 91.3 cm³/mol. The fourth-order valence-corrected chi connectivity index (χ4v) is 3.36. The summed E-state index contributed by atoms with van der Waals surface area (Å²) in [5, 5.41) is 20.0. The molecule has 4 rings (SSSR count). The first kappa shape index (κ1) is 16.7. The number of hydrogen-bond donors (Lipinski definition) is 1. The highest BCUT2D eigenvalue weighted by atomic mass is 32.1. The van der Waals surface area contributed by atoms with Gasteiger partial charge in [-0.1, -0.05) is 46.9 Å². The van der Waals surface area contributed by atoms with E-state index in [4.69, 9.17) is 4.74 Å². The Morgan fingerprint density at radius 2 is 2.12 bits per heavy atom. The van der Waals surface area contributed by atoms with Crippen LogP contribution in [0.3, 0.4) is 0 Å². The van der Waals surface area contributed by atoms with Crippen molar-refractivity contribution in [3.63, 3.8) is 0 Å². The van der Waals surface area contributed by atoms with Crippen LogP contribution in [0.25, 0.3) is 10.6 Å². The molecule has 26 heavy (non-hydrogen) atoms. The highest BCUT2D eigenvalue weighted by Gasteiger charge is 2.31. The van der Waals surface area contributed by atoms with E-state index < -0.39 is 18.1 Å². The molecular weight excluding hydrogens is 359 g/mol. The van der Waals surface area contributed by atoms with Crippen LogP contribution in [0.4, 0.5) is 4.39 Å². The molecule has 2 aromatic heterocycles. The largest absolute Gasteiger partial charge is 0.376 e. The fourth-order valence-electron chi connectivity index (χ4n) is 2.57. The average molecular weight is 374 g/mol. The van der Waals surface area contributed by atoms with Crippen LogP contribution in [0.5, 0.6) is 0 Å². The summed E-state index contributed by atoms with van der Waals surface area (Å²) in [5.41, 5.74) is 1.10. The zero-order valence-electron chi connectivity index (χ0n) is 13.6. The molecule has 1 fully saturated rings. The third-order valence-electron chi connectivity index (χ3n) is 3.95. The number of nitrogens with one attached hydrogen (secondary N) is 1. The second-order valence-corrected chi connectivity index (χ2v) is 6.82. The van der Waals surface area contributed by atoms with Gasteiger partial charge in [0, 0.05) is 5.56 Å². The topological polar surface area (TPSA) is 94.8 Å². The Bertz CT molecular complexity index is 899. The molecule has 1 aliphatic rings. The Hall–Kier alpha value is -2.72. The Morgan fingerprint density at radius 1 is 1.27 bits per heavy atom. The molecule has 3 heterocycles. The molecule has 3 aromatic rings. The fraction of sp³-hybridized carbons (Fsp3) is 0.312. The summed E-state index contributed by atoms with van der Waals surface area (Å²) in [5.74, 6) is -0.401. The minimum absolute atomic E-state index is 0.0346. The number of carbonyl (C=O) groups excluding carboxylic acids is 1. The maximum absolute atomic E-state index is 13.7. The lowest BCUT2D eigenvalue weighted by Gasteiger charge is -2.08. The zero-order valence-corrected chi connectivity index (χ0v) is 14.4. The lowest BCUT2D eigenvalue weighted by Crippen LogP contribution is -2.23. The second-order valence-electron chi connectivity index (χ2n) is 5.75. The second kappa shape index (κ2) is 7.26. The molecule has 0 bridgehead atoms. The van der Waals surface area contributed by atoms with Gasteiger partial charge in [-0.2, -0.15) is 0 Å². The Labute approximate surface area is 152 Å². The Balaban J connectivity index is 1.37. The van der Waals surface area contributed by atoms with E-state index in [1.807, 2.05) is 30.3 Å². The van der Waals surface area contributed by atoms with Crippen molar-refractivity contribution in [3.05, 3.63) is 47.2 Å². The molecule has 0 unspecified atom stereocenters. The van der Waals surface area contributed by atoms with Crippen LogP contribution in [-0.4, -0.2) is 50.5 Å². The van der Waals surface area contributed by atoms with Crippen LogP contribution in [0.1, 0.15) is 21.5 Å². The van der Waals surface area contributed by atoms with E-state index in [1.54, 1.807) is 0 Å². The molecule has 1 aromatic carbocycles. The first-order valence-corrected chi connectivity index (χ1v) is 8.82. The summed E-state index contributed by atoms with van der Waals surface area (Å²) in [7, 11) is 0. The smallest absolute Gasteiger partial charge is 0.273 e. The van der Waals surface area contributed by atoms with Crippen molar-refractivity contribution in [2.24, 2.45) is 0 Å². The first-order chi connectivity index (χ1) is 12.7. The molecule has 10 heteroatoms. The van der Waals surface area contributed by atoms with Crippen LogP contribution in [0.2, 0.25) is 0 Å². The molecule has 1 N–H and O–H groups in total. The molecule has 1 aliphatic heterocycles. The number of amides is 1. The van der Waals surface area contributed by atoms with Gasteiger partial charge in [0.05, 0.1) is 26.0 Å². The van der Waals surface area contributed by atoms with Crippen molar-refractivity contribution in [1.82, 2.24) is 30.5 Å². The van der Waals surface area contributed by atoms with Gasteiger partial charge < -0.3 is 10.1 Å². The standard InChI is InChI=1S/C16H15FN6O2S/c17-11-8-25-9-13(11)23-7-12(19-22-23)15(24)18-6-14-20-21-16(26-14)10-4-2-1-3-5-10/h1-5,7,11,13H,6,8-9H2,(H,18,24)/t11-,13+/m0/s1. The minimum atomic E-state index is -1.15. The van der Waals surface area contributed by atoms with Crippen molar-refractivity contribution in [2.45, 2.75) is 18.8 Å². The normalized spacial score (nSPS) is 19.6. The minimum Gasteiger partial charge on any atom is -0.376 e. The quantitative estimate of drug-likeness (QED) is 0.729. The van der Waals surface area contributed by atoms with Crippen molar-refractivity contribution in [1.29, 1.82) is 0 Å². The van der Waals surface area contributed by atoms with Crippen molar-refractivity contribution >= 4 is 17.2 Å². The summed E-state index contributed by atoms with van der Waals surface area (Å²) < 4.78 is 20.1. The average Bonchev–Trinajstić information content (AvgIpc) is 3.41. The van der Waals surface area contributed by atoms with Gasteiger partial charge in [-0.25, -0.2) is 9.07 Å². The van der Waals surface area contributed by atoms with E-state index in [2.05, 4.69) is 25.8 Å². The van der Waals surface area contributed by atoms with Crippen LogP contribution in [0, 0.1) is 0 Å². The summed E-state index contributed by atoms with van der Waals surface area (Å²) in [6, 6.07) is 9.15. The van der Waals surface area contributed by atoms with Gasteiger partial charge >= 0.3 is 0 Å². The Morgan fingerprint density at radius 3 is 2.88 bits per heavy atom. The SMILES string of the molecule is O=C(NCc1nnc(-c2ccccc2)s1)c1cn([C@@H]2COC[C@@H]2F)nn1. The highest BCUT2D eigenvalue weighted by molar-refractivity contribution is 7.14. The van der Waals surface area contributed by atoms with E-state index >= 15 is 0 Å². The molecule has 0 aliphatic carbocycles. The number of rotatable bonds is 5. The summed E-state index contributed by atoms with van der Waals surface area (Å²) in [4.78, 5) is 12.2. The molecular formula is C16H15FN6O2S. The van der Waals surface area contributed by atoms with Crippen LogP contribution < -0.4 is 5.32 Å². The van der Waals surface area contributed by atoms with Gasteiger partial charge in [0.25, 0.3) is 5.91 Å². The molecule has 134 valence electrons. The molecule has 0 saturated carbocycles. The number of halogens is 1. The van der Waals surface area contributed by atoms with Crippen LogP contribution in [0.15, 0.2) is 36.5 Å². The van der Waals surface area contributed by atoms with E-state index in [0.29, 0.717) is 5.01 Å². The lowest BCUT2D eigenvalue weighted by molar-refractivity contribution is 0.0945. The van der Waals surface area contributed by atoms with Crippen molar-refractivity contribution in [3.8, 4) is 10.6 Å². The highest BCUT2D eigenvalue weighted by Crippen LogP contribution is 2.23. The Kier molecular flexibility index (Phi) is 4.67. The van der Waals surface area contributed by atoms with E-state index in [1.165, 1.54) is 22.2 Å². The summed E-state index contributed by atoms with van der Waals surface area (Å²) >= 11 is 1.40. The number of carbonyl (C=O) groups is 1. The van der Waals surface area contributed by atoms with Gasteiger partial charge in [0.1, 0.15) is 22.2 Å². The molecule has 8 nitrogen and oxygen atoms in total. The molecule has 2 atom stereocenters. The number of ether oxygens (including phenoxy) is 1. The van der Waals surface area contributed by atoms with E-state index in [9.17, 15) is 9.18 Å². The maximum Gasteiger partial charge on any atom is 0.273 e. The monoisotopic (exact) mass is 374 g/mol. The number of benzene rings is 1. The van der Waals surface area contributed by atoms with Gasteiger partial charge in [0.2, 0.25) is 0 Å². The van der Waals surface area contributed by atoms with Gasteiger partial charge in [-0.05, 0) is 0 Å². The van der Waals surface area contributed by atoms with Gasteiger partial charge in [-0.3, -0.25) is 4.79 Å². The van der Waals surface area contributed by atoms with E-state index in [0.717, 1.165) is 10.6 Å². The number of aromatic nitrogens is 5. The predicted octanol–water partition coefficient (Wildman–Crippen LogP) is 1.64. The van der Waals surface area contributed by atoms with E-state index in [-0.39, 0.29) is 25.5 Å². The van der Waals surface area contributed by atoms with Crippen LogP contribution in [-0.2, 0) is 11.3 Å². The molecule has 0 radical (unpaired) electrons. The first-order valence-electron chi connectivity index (χ1n) is 8.00. The third kappa shape index (κ3) is 3.46. The summed E-state index contributed by atoms with van der Waals surface area (Å²) in [6.45, 7) is 0.486. The van der Waals surface area contributed by atoms with Gasteiger partial charge in [0.15, 0.2) is 5.69 Å². The number of alkyl halides is 1. The summed E-state index contributed by atoms with van der Waals surface area (Å²) in [6.07, 6.45) is 0.280. The van der Waals surface area contributed by atoms with Crippen LogP contribution >= 0.6 is 11.3 Å². The zero-order chi connectivity index (χ0) is 17.9. The van der Waals surface area contributed by atoms with Crippen molar-refractivity contribution < 1.29 is 13.9 Å². The molecule has 1 saturated heterocycles.